The highest BCUT2D eigenvalue weighted by molar-refractivity contribution is 5.93. The van der Waals surface area contributed by atoms with Crippen molar-refractivity contribution >= 4 is 16.9 Å². The van der Waals surface area contributed by atoms with Gasteiger partial charge in [-0.25, -0.2) is 4.79 Å². The van der Waals surface area contributed by atoms with Gasteiger partial charge in [-0.1, -0.05) is 0 Å². The number of fused-ring (bicyclic) bond motifs is 1. The third-order valence-corrected chi connectivity index (χ3v) is 6.79. The van der Waals surface area contributed by atoms with Crippen LogP contribution < -0.4 is 10.2 Å². The molecule has 1 aromatic heterocycles. The monoisotopic (exact) mass is 600 g/mol. The van der Waals surface area contributed by atoms with E-state index < -0.39 is 105 Å². The lowest BCUT2D eigenvalue weighted by Crippen LogP contribution is -2.56. The Kier molecular flexibility index (Phi) is 7.31. The Balaban J connectivity index is 1.61. The molecule has 0 saturated carbocycles. The van der Waals surface area contributed by atoms with Crippen molar-refractivity contribution in [3.8, 4) is 57.3 Å². The summed E-state index contributed by atoms with van der Waals surface area (Å²) in [6.07, 6.45) is -7.15. The molecule has 0 bridgehead atoms. The second kappa shape index (κ2) is 10.8. The number of benzene rings is 3. The third kappa shape index (κ3) is 5.12. The number of ether oxygens (including phenoxy) is 3. The van der Waals surface area contributed by atoms with Gasteiger partial charge in [0.05, 0.1) is 12.2 Å². The van der Waals surface area contributed by atoms with Crippen molar-refractivity contribution in [2.75, 3.05) is 6.61 Å². The number of carbonyl (C=O) groups excluding carboxylic acids is 1. The predicted molar refractivity (Wildman–Crippen MR) is 142 cm³/mol. The maximum absolute atomic E-state index is 13.6. The smallest absolute Gasteiger partial charge is 0.339 e. The van der Waals surface area contributed by atoms with E-state index in [1.165, 1.54) is 13.0 Å². The second-order valence-electron chi connectivity index (χ2n) is 9.64. The molecule has 9 N–H and O–H groups in total. The number of carbonyl (C=O) groups is 1. The van der Waals surface area contributed by atoms with Crippen molar-refractivity contribution in [3.05, 3.63) is 57.7 Å². The Hall–Kier alpha value is -5.38. The Morgan fingerprint density at radius 1 is 0.884 bits per heavy atom. The Bertz CT molecular complexity index is 1810. The number of aromatic hydroxyl groups is 7. The third-order valence-electron chi connectivity index (χ3n) is 6.79. The molecule has 15 heteroatoms. The minimum absolute atomic E-state index is 0.0391. The van der Waals surface area contributed by atoms with Crippen molar-refractivity contribution in [2.24, 2.45) is 0 Å². The summed E-state index contributed by atoms with van der Waals surface area (Å²) in [6, 6.07) is 6.00. The number of aliphatic hydroxyl groups excluding tert-OH is 2. The summed E-state index contributed by atoms with van der Waals surface area (Å²) in [4.78, 5) is 26.7. The maximum Gasteiger partial charge on any atom is 0.339 e. The lowest BCUT2D eigenvalue weighted by atomic mass is 10.0. The summed E-state index contributed by atoms with van der Waals surface area (Å²) in [5.74, 6) is -7.19. The van der Waals surface area contributed by atoms with Crippen LogP contribution in [0, 0.1) is 6.92 Å². The average Bonchev–Trinajstić information content (AvgIpc) is 2.95. The molecule has 5 rings (SSSR count). The van der Waals surface area contributed by atoms with Crippen LogP contribution in [-0.4, -0.2) is 83.1 Å². The van der Waals surface area contributed by atoms with Gasteiger partial charge in [0.1, 0.15) is 34.7 Å². The number of aliphatic hydroxyl groups is 2. The molecule has 1 aliphatic rings. The van der Waals surface area contributed by atoms with Gasteiger partial charge in [-0.2, -0.15) is 0 Å². The van der Waals surface area contributed by atoms with Crippen LogP contribution in [0.1, 0.15) is 15.9 Å². The van der Waals surface area contributed by atoms with Crippen molar-refractivity contribution in [3.63, 3.8) is 0 Å². The highest BCUT2D eigenvalue weighted by Gasteiger charge is 2.44. The molecule has 0 aliphatic carbocycles. The van der Waals surface area contributed by atoms with Crippen LogP contribution in [-0.2, 0) is 9.47 Å². The summed E-state index contributed by atoms with van der Waals surface area (Å²) >= 11 is 0. The normalized spacial score (nSPS) is 20.2. The SMILES string of the molecule is Cc1c(C(=O)OC2C(Oc3c(-c4ccc(O)c(O)c4)oc4cc(O)cc(O)c4c3=O)OCC(O)C2O)cc(O)c(O)c1O. The molecule has 3 aromatic carbocycles. The zero-order valence-corrected chi connectivity index (χ0v) is 22.0. The minimum atomic E-state index is -1.86. The number of hydrogen-bond donors (Lipinski definition) is 9. The van der Waals surface area contributed by atoms with Gasteiger partial charge in [0, 0.05) is 23.3 Å². The van der Waals surface area contributed by atoms with Crippen LogP contribution in [0.5, 0.6) is 46.0 Å². The van der Waals surface area contributed by atoms with E-state index in [1.807, 2.05) is 0 Å². The number of rotatable bonds is 5. The first-order valence-corrected chi connectivity index (χ1v) is 12.4. The van der Waals surface area contributed by atoms with Crippen LogP contribution in [0.25, 0.3) is 22.3 Å². The zero-order chi connectivity index (χ0) is 31.3. The molecule has 0 radical (unpaired) electrons. The van der Waals surface area contributed by atoms with Gasteiger partial charge in [-0.05, 0) is 31.2 Å². The number of phenols is 7. The van der Waals surface area contributed by atoms with Gasteiger partial charge >= 0.3 is 5.97 Å². The van der Waals surface area contributed by atoms with Crippen LogP contribution in [0.15, 0.2) is 45.6 Å². The van der Waals surface area contributed by atoms with Gasteiger partial charge in [-0.3, -0.25) is 4.79 Å². The summed E-state index contributed by atoms with van der Waals surface area (Å²) in [7, 11) is 0. The van der Waals surface area contributed by atoms with Crippen LogP contribution in [0.4, 0.5) is 0 Å². The first-order chi connectivity index (χ1) is 20.3. The number of esters is 1. The highest BCUT2D eigenvalue weighted by Crippen LogP contribution is 2.41. The second-order valence-corrected chi connectivity index (χ2v) is 9.64. The van der Waals surface area contributed by atoms with Crippen LogP contribution >= 0.6 is 0 Å². The Labute approximate surface area is 239 Å². The molecule has 2 heterocycles. The largest absolute Gasteiger partial charge is 0.508 e. The Morgan fingerprint density at radius 3 is 2.30 bits per heavy atom. The van der Waals surface area contributed by atoms with Crippen LogP contribution in [0.3, 0.4) is 0 Å². The molecule has 4 unspecified atom stereocenters. The van der Waals surface area contributed by atoms with E-state index in [1.54, 1.807) is 0 Å². The molecule has 1 saturated heterocycles. The first kappa shape index (κ1) is 29.1. The first-order valence-electron chi connectivity index (χ1n) is 12.4. The van der Waals surface area contributed by atoms with Gasteiger partial charge in [-0.15, -0.1) is 0 Å². The molecule has 43 heavy (non-hydrogen) atoms. The fourth-order valence-electron chi connectivity index (χ4n) is 4.48. The molecule has 0 amide bonds. The molecule has 15 nitrogen and oxygen atoms in total. The van der Waals surface area contributed by atoms with E-state index in [4.69, 9.17) is 18.6 Å². The molecule has 1 aliphatic heterocycles. The minimum Gasteiger partial charge on any atom is -0.508 e. The molecule has 0 spiro atoms. The van der Waals surface area contributed by atoms with E-state index in [0.717, 1.165) is 30.3 Å². The average molecular weight is 600 g/mol. The number of phenolic OH excluding ortho intramolecular Hbond substituents is 7. The van der Waals surface area contributed by atoms with Crippen molar-refractivity contribution < 1.29 is 69.4 Å². The van der Waals surface area contributed by atoms with Gasteiger partial charge in [0.2, 0.25) is 23.2 Å². The highest BCUT2D eigenvalue weighted by atomic mass is 16.7. The maximum atomic E-state index is 13.6. The molecule has 1 fully saturated rings. The van der Waals surface area contributed by atoms with Crippen molar-refractivity contribution in [2.45, 2.75) is 31.5 Å². The van der Waals surface area contributed by atoms with E-state index in [2.05, 4.69) is 0 Å². The van der Waals surface area contributed by atoms with E-state index in [0.29, 0.717) is 0 Å². The van der Waals surface area contributed by atoms with Crippen LogP contribution in [0.2, 0.25) is 0 Å². The summed E-state index contributed by atoms with van der Waals surface area (Å²) in [5.41, 5.74) is -2.01. The molecular formula is C28H24O15. The van der Waals surface area contributed by atoms with Gasteiger partial charge in [0.25, 0.3) is 0 Å². The summed E-state index contributed by atoms with van der Waals surface area (Å²) < 4.78 is 22.3. The van der Waals surface area contributed by atoms with Gasteiger partial charge < -0.3 is 64.6 Å². The van der Waals surface area contributed by atoms with Crippen molar-refractivity contribution in [1.29, 1.82) is 0 Å². The molecule has 226 valence electrons. The topological polar surface area (TPSA) is 257 Å². The lowest BCUT2D eigenvalue weighted by molar-refractivity contribution is -0.241. The number of hydrogen-bond acceptors (Lipinski definition) is 15. The Morgan fingerprint density at radius 2 is 1.60 bits per heavy atom. The van der Waals surface area contributed by atoms with Crippen molar-refractivity contribution in [1.82, 2.24) is 0 Å². The standard InChI is InChI=1S/C28H24O15/c1-9-12(7-16(33)21(36)20(9)35)27(39)42-26-22(37)17(34)8-40-28(26)43-25-23(38)19-15(32)5-11(29)6-18(19)41-24(25)10-2-3-13(30)14(31)4-10/h2-7,17,22,26,28-37H,8H2,1H3. The quantitative estimate of drug-likeness (QED) is 0.116. The van der Waals surface area contributed by atoms with E-state index in [9.17, 15) is 55.5 Å². The molecular weight excluding hydrogens is 576 g/mol. The fraction of sp³-hybridized carbons (Fsp3) is 0.214. The predicted octanol–water partition coefficient (Wildman–Crippen LogP) is 1.39. The lowest BCUT2D eigenvalue weighted by Gasteiger charge is -2.37. The molecule has 4 atom stereocenters. The summed E-state index contributed by atoms with van der Waals surface area (Å²) in [5, 5.41) is 90.2. The summed E-state index contributed by atoms with van der Waals surface area (Å²) in [6.45, 7) is 0.665. The fourth-order valence-corrected chi connectivity index (χ4v) is 4.48. The van der Waals surface area contributed by atoms with E-state index in [-0.39, 0.29) is 16.7 Å². The zero-order valence-electron chi connectivity index (χ0n) is 22.0. The van der Waals surface area contributed by atoms with Gasteiger partial charge in [0.15, 0.2) is 34.9 Å². The van der Waals surface area contributed by atoms with E-state index >= 15 is 0 Å². The molecule has 4 aromatic rings.